The van der Waals surface area contributed by atoms with E-state index in [0.717, 1.165) is 0 Å². The predicted molar refractivity (Wildman–Crippen MR) is 63.1 cm³/mol. The SMILES string of the molecule is CN(CCC#N)C(=O)CCN1C(=O)CCCC1=O. The fraction of sp³-hybridized carbons (Fsp3) is 0.667. The van der Waals surface area contributed by atoms with Gasteiger partial charge in [-0.3, -0.25) is 19.3 Å². The van der Waals surface area contributed by atoms with Gasteiger partial charge in [0.2, 0.25) is 17.7 Å². The third-order valence-electron chi connectivity index (χ3n) is 2.92. The van der Waals surface area contributed by atoms with Crippen LogP contribution >= 0.6 is 0 Å². The lowest BCUT2D eigenvalue weighted by Gasteiger charge is -2.25. The molecule has 0 aromatic heterocycles. The Balaban J connectivity index is 2.39. The van der Waals surface area contributed by atoms with Crippen LogP contribution in [0.3, 0.4) is 0 Å². The summed E-state index contributed by atoms with van der Waals surface area (Å²) in [7, 11) is 1.61. The first-order valence-corrected chi connectivity index (χ1v) is 6.00. The molecule has 0 aliphatic carbocycles. The van der Waals surface area contributed by atoms with E-state index in [2.05, 4.69) is 0 Å². The number of carbonyl (C=O) groups excluding carboxylic acids is 3. The molecule has 0 aromatic rings. The first kappa shape index (κ1) is 14.2. The van der Waals surface area contributed by atoms with Gasteiger partial charge in [0.25, 0.3) is 0 Å². The highest BCUT2D eigenvalue weighted by Crippen LogP contribution is 2.12. The van der Waals surface area contributed by atoms with Crippen LogP contribution in [0.4, 0.5) is 0 Å². The minimum Gasteiger partial charge on any atom is -0.345 e. The molecule has 0 aromatic carbocycles. The molecule has 0 N–H and O–H groups in total. The Hall–Kier alpha value is -1.90. The lowest BCUT2D eigenvalue weighted by atomic mass is 10.1. The highest BCUT2D eigenvalue weighted by atomic mass is 16.2. The Morgan fingerprint density at radius 3 is 2.56 bits per heavy atom. The van der Waals surface area contributed by atoms with E-state index in [4.69, 9.17) is 5.26 Å². The van der Waals surface area contributed by atoms with Crippen molar-refractivity contribution in [3.63, 3.8) is 0 Å². The van der Waals surface area contributed by atoms with E-state index < -0.39 is 0 Å². The van der Waals surface area contributed by atoms with Gasteiger partial charge in [0.15, 0.2) is 0 Å². The number of piperidine rings is 1. The van der Waals surface area contributed by atoms with Crippen LogP contribution in [0.25, 0.3) is 0 Å². The van der Waals surface area contributed by atoms with Crippen molar-refractivity contribution >= 4 is 17.7 Å². The maximum absolute atomic E-state index is 11.7. The zero-order valence-corrected chi connectivity index (χ0v) is 10.5. The van der Waals surface area contributed by atoms with Crippen molar-refractivity contribution in [1.82, 2.24) is 9.80 Å². The summed E-state index contributed by atoms with van der Waals surface area (Å²) in [6.07, 6.45) is 1.77. The molecule has 1 aliphatic heterocycles. The number of nitriles is 1. The molecule has 1 saturated heterocycles. The van der Waals surface area contributed by atoms with Crippen molar-refractivity contribution in [3.05, 3.63) is 0 Å². The second kappa shape index (κ2) is 6.74. The number of carbonyl (C=O) groups is 3. The number of hydrogen-bond acceptors (Lipinski definition) is 4. The minimum absolute atomic E-state index is 0.124. The molecule has 1 fully saturated rings. The Bertz CT molecular complexity index is 371. The van der Waals surface area contributed by atoms with Crippen LogP contribution in [-0.4, -0.2) is 47.7 Å². The zero-order valence-electron chi connectivity index (χ0n) is 10.5. The van der Waals surface area contributed by atoms with E-state index in [1.807, 2.05) is 6.07 Å². The molecule has 0 spiro atoms. The second-order valence-corrected chi connectivity index (χ2v) is 4.27. The van der Waals surface area contributed by atoms with Crippen LogP contribution in [-0.2, 0) is 14.4 Å². The van der Waals surface area contributed by atoms with Gasteiger partial charge in [0.05, 0.1) is 12.5 Å². The first-order valence-electron chi connectivity index (χ1n) is 6.00. The van der Waals surface area contributed by atoms with E-state index in [9.17, 15) is 14.4 Å². The van der Waals surface area contributed by atoms with E-state index in [-0.39, 0.29) is 37.1 Å². The highest BCUT2D eigenvalue weighted by Gasteiger charge is 2.26. The maximum Gasteiger partial charge on any atom is 0.229 e. The molecule has 3 amide bonds. The normalized spacial score (nSPS) is 15.4. The average Bonchev–Trinajstić information content (AvgIpc) is 2.35. The fourth-order valence-corrected chi connectivity index (χ4v) is 1.79. The molecule has 0 saturated carbocycles. The van der Waals surface area contributed by atoms with E-state index >= 15 is 0 Å². The molecule has 98 valence electrons. The summed E-state index contributed by atoms with van der Waals surface area (Å²) in [5.74, 6) is -0.547. The van der Waals surface area contributed by atoms with Gasteiger partial charge in [-0.2, -0.15) is 5.26 Å². The van der Waals surface area contributed by atoms with Crippen LogP contribution in [0, 0.1) is 11.3 Å². The third kappa shape index (κ3) is 3.84. The van der Waals surface area contributed by atoms with Gasteiger partial charge in [-0.05, 0) is 6.42 Å². The molecule has 6 heteroatoms. The minimum atomic E-state index is -0.196. The number of amides is 3. The molecule has 0 radical (unpaired) electrons. The lowest BCUT2D eigenvalue weighted by Crippen LogP contribution is -2.42. The molecule has 0 atom stereocenters. The van der Waals surface area contributed by atoms with Gasteiger partial charge in [-0.15, -0.1) is 0 Å². The third-order valence-corrected chi connectivity index (χ3v) is 2.92. The zero-order chi connectivity index (χ0) is 13.5. The number of hydrogen-bond donors (Lipinski definition) is 0. The summed E-state index contributed by atoms with van der Waals surface area (Å²) in [4.78, 5) is 37.3. The van der Waals surface area contributed by atoms with Crippen LogP contribution < -0.4 is 0 Å². The molecular weight excluding hydrogens is 234 g/mol. The van der Waals surface area contributed by atoms with E-state index in [0.29, 0.717) is 25.8 Å². The average molecular weight is 251 g/mol. The quantitative estimate of drug-likeness (QED) is 0.657. The molecule has 0 unspecified atom stereocenters. The van der Waals surface area contributed by atoms with Crippen molar-refractivity contribution in [2.24, 2.45) is 0 Å². The lowest BCUT2D eigenvalue weighted by molar-refractivity contribution is -0.148. The molecule has 0 bridgehead atoms. The van der Waals surface area contributed by atoms with Gasteiger partial charge in [-0.1, -0.05) is 0 Å². The first-order chi connectivity index (χ1) is 8.56. The summed E-state index contributed by atoms with van der Waals surface area (Å²) in [5, 5.41) is 8.41. The maximum atomic E-state index is 11.7. The Kier molecular flexibility index (Phi) is 5.31. The molecule has 1 aliphatic rings. The molecule has 1 heterocycles. The Labute approximate surface area is 106 Å². The summed E-state index contributed by atoms with van der Waals surface area (Å²) >= 11 is 0. The van der Waals surface area contributed by atoms with Crippen molar-refractivity contribution in [1.29, 1.82) is 5.26 Å². The largest absolute Gasteiger partial charge is 0.345 e. The van der Waals surface area contributed by atoms with Gasteiger partial charge in [0, 0.05) is 39.4 Å². The smallest absolute Gasteiger partial charge is 0.229 e. The number of nitrogens with zero attached hydrogens (tertiary/aromatic N) is 3. The van der Waals surface area contributed by atoms with Gasteiger partial charge in [0.1, 0.15) is 0 Å². The van der Waals surface area contributed by atoms with E-state index in [1.54, 1.807) is 7.05 Å². The molecule has 6 nitrogen and oxygen atoms in total. The summed E-state index contributed by atoms with van der Waals surface area (Å²) in [6, 6.07) is 1.96. The van der Waals surface area contributed by atoms with Crippen molar-refractivity contribution < 1.29 is 14.4 Å². The summed E-state index contributed by atoms with van der Waals surface area (Å²) < 4.78 is 0. The summed E-state index contributed by atoms with van der Waals surface area (Å²) in [5.41, 5.74) is 0. The standard InChI is InChI=1S/C12H17N3O3/c1-14(8-3-7-13)10(16)6-9-15-11(17)4-2-5-12(15)18/h2-6,8-9H2,1H3. The predicted octanol–water partition coefficient (Wildman–Crippen LogP) is 0.288. The van der Waals surface area contributed by atoms with Crippen LogP contribution in [0.1, 0.15) is 32.1 Å². The number of imide groups is 1. The van der Waals surface area contributed by atoms with Crippen molar-refractivity contribution in [2.45, 2.75) is 32.1 Å². The fourth-order valence-electron chi connectivity index (χ4n) is 1.79. The molecule has 18 heavy (non-hydrogen) atoms. The Morgan fingerprint density at radius 1 is 1.39 bits per heavy atom. The summed E-state index contributed by atoms with van der Waals surface area (Å²) in [6.45, 7) is 0.518. The van der Waals surface area contributed by atoms with Gasteiger partial charge < -0.3 is 4.90 Å². The molecule has 1 rings (SSSR count). The van der Waals surface area contributed by atoms with E-state index in [1.165, 1.54) is 9.80 Å². The van der Waals surface area contributed by atoms with Crippen molar-refractivity contribution in [2.75, 3.05) is 20.1 Å². The van der Waals surface area contributed by atoms with Crippen LogP contribution in [0.15, 0.2) is 0 Å². The monoisotopic (exact) mass is 251 g/mol. The highest BCUT2D eigenvalue weighted by molar-refractivity contribution is 5.97. The number of likely N-dealkylation sites (tertiary alicyclic amines) is 1. The van der Waals surface area contributed by atoms with Crippen LogP contribution in [0.2, 0.25) is 0 Å². The Morgan fingerprint density at radius 2 is 2.00 bits per heavy atom. The second-order valence-electron chi connectivity index (χ2n) is 4.27. The van der Waals surface area contributed by atoms with Gasteiger partial charge >= 0.3 is 0 Å². The topological polar surface area (TPSA) is 81.5 Å². The van der Waals surface area contributed by atoms with Gasteiger partial charge in [-0.25, -0.2) is 0 Å². The van der Waals surface area contributed by atoms with Crippen LogP contribution in [0.5, 0.6) is 0 Å². The number of rotatable bonds is 5. The van der Waals surface area contributed by atoms with Crippen molar-refractivity contribution in [3.8, 4) is 6.07 Å². The molecular formula is C12H17N3O3.